The average molecular weight is 154 g/mol. The van der Waals surface area contributed by atoms with E-state index in [1.54, 1.807) is 11.3 Å². The molecular formula is C8H14N2O. The molecule has 0 saturated heterocycles. The molecule has 0 amide bonds. The van der Waals surface area contributed by atoms with Crippen LogP contribution in [0, 0.1) is 0 Å². The second-order valence-corrected chi connectivity index (χ2v) is 2.81. The molecule has 3 heteroatoms. The molecule has 1 aliphatic rings. The van der Waals surface area contributed by atoms with Crippen LogP contribution in [-0.2, 0) is 4.84 Å². The van der Waals surface area contributed by atoms with Crippen molar-refractivity contribution in [1.29, 1.82) is 0 Å². The van der Waals surface area contributed by atoms with Gasteiger partial charge in [-0.25, -0.2) is 0 Å². The molecule has 2 N–H and O–H groups in total. The lowest BCUT2D eigenvalue weighted by Crippen LogP contribution is -2.50. The van der Waals surface area contributed by atoms with Crippen LogP contribution in [0.5, 0.6) is 0 Å². The predicted molar refractivity (Wildman–Crippen MR) is 44.1 cm³/mol. The minimum Gasteiger partial charge on any atom is -0.386 e. The van der Waals surface area contributed by atoms with Crippen molar-refractivity contribution < 1.29 is 4.84 Å². The van der Waals surface area contributed by atoms with Gasteiger partial charge in [0.1, 0.15) is 11.9 Å². The highest BCUT2D eigenvalue weighted by molar-refractivity contribution is 5.03. The molecule has 0 saturated carbocycles. The third-order valence-corrected chi connectivity index (χ3v) is 1.80. The molecule has 0 aromatic carbocycles. The summed E-state index contributed by atoms with van der Waals surface area (Å²) in [6.07, 6.45) is 7.99. The first-order valence-electron chi connectivity index (χ1n) is 3.75. The van der Waals surface area contributed by atoms with Crippen molar-refractivity contribution >= 4 is 0 Å². The van der Waals surface area contributed by atoms with Gasteiger partial charge >= 0.3 is 0 Å². The number of hydrogen-bond donors (Lipinski definition) is 1. The normalized spacial score (nSPS) is 21.2. The summed E-state index contributed by atoms with van der Waals surface area (Å²) < 4.78 is 0. The van der Waals surface area contributed by atoms with Crippen LogP contribution < -0.4 is 5.73 Å². The van der Waals surface area contributed by atoms with E-state index in [0.717, 1.165) is 6.42 Å². The topological polar surface area (TPSA) is 38.5 Å². The van der Waals surface area contributed by atoms with Gasteiger partial charge < -0.3 is 10.6 Å². The Morgan fingerprint density at radius 2 is 2.27 bits per heavy atom. The Hall–Kier alpha value is -0.960. The Morgan fingerprint density at radius 1 is 1.55 bits per heavy atom. The van der Waals surface area contributed by atoms with Crippen molar-refractivity contribution in [3.05, 3.63) is 24.6 Å². The minimum absolute atomic E-state index is 0.415. The van der Waals surface area contributed by atoms with Gasteiger partial charge in [-0.3, -0.25) is 0 Å². The summed E-state index contributed by atoms with van der Waals surface area (Å²) in [6.45, 7) is 3.95. The van der Waals surface area contributed by atoms with Crippen LogP contribution in [-0.4, -0.2) is 10.7 Å². The molecule has 0 aromatic rings. The van der Waals surface area contributed by atoms with Crippen molar-refractivity contribution in [1.82, 2.24) is 5.06 Å². The number of hydroxylamine groups is 2. The number of nitrogens with two attached hydrogens (primary N) is 1. The number of allylic oxidation sites excluding steroid dienone is 2. The van der Waals surface area contributed by atoms with E-state index in [1.807, 2.05) is 32.2 Å². The van der Waals surface area contributed by atoms with Gasteiger partial charge in [-0.05, 0) is 25.5 Å². The van der Waals surface area contributed by atoms with Crippen LogP contribution >= 0.6 is 0 Å². The van der Waals surface area contributed by atoms with Gasteiger partial charge in [0.05, 0.1) is 0 Å². The lowest BCUT2D eigenvalue weighted by Gasteiger charge is -2.35. The van der Waals surface area contributed by atoms with Gasteiger partial charge in [0, 0.05) is 6.20 Å². The molecule has 0 fully saturated rings. The fraction of sp³-hybridized carbons (Fsp3) is 0.500. The summed E-state index contributed by atoms with van der Waals surface area (Å²) in [5, 5.41) is 1.65. The maximum atomic E-state index is 5.91. The highest BCUT2D eigenvalue weighted by Crippen LogP contribution is 2.15. The quantitative estimate of drug-likeness (QED) is 0.652. The lowest BCUT2D eigenvalue weighted by atomic mass is 10.1. The molecule has 62 valence electrons. The van der Waals surface area contributed by atoms with Gasteiger partial charge in [-0.15, -0.1) is 0 Å². The van der Waals surface area contributed by atoms with Gasteiger partial charge in [-0.1, -0.05) is 6.92 Å². The van der Waals surface area contributed by atoms with E-state index in [9.17, 15) is 0 Å². The minimum atomic E-state index is -0.415. The van der Waals surface area contributed by atoms with E-state index >= 15 is 0 Å². The Labute approximate surface area is 67.1 Å². The first-order valence-corrected chi connectivity index (χ1v) is 3.75. The van der Waals surface area contributed by atoms with Gasteiger partial charge in [0.15, 0.2) is 0 Å². The van der Waals surface area contributed by atoms with E-state index in [0.29, 0.717) is 0 Å². The van der Waals surface area contributed by atoms with E-state index in [2.05, 4.69) is 0 Å². The van der Waals surface area contributed by atoms with Crippen molar-refractivity contribution in [2.75, 3.05) is 0 Å². The first-order chi connectivity index (χ1) is 5.17. The van der Waals surface area contributed by atoms with Gasteiger partial charge in [-0.2, -0.15) is 5.06 Å². The second-order valence-electron chi connectivity index (χ2n) is 2.81. The Morgan fingerprint density at radius 3 is 2.73 bits per heavy atom. The molecule has 1 heterocycles. The van der Waals surface area contributed by atoms with Crippen LogP contribution in [0.2, 0.25) is 0 Å². The van der Waals surface area contributed by atoms with E-state index in [4.69, 9.17) is 10.6 Å². The van der Waals surface area contributed by atoms with Crippen LogP contribution in [0.25, 0.3) is 0 Å². The zero-order valence-electron chi connectivity index (χ0n) is 6.95. The number of hydrogen-bond acceptors (Lipinski definition) is 3. The van der Waals surface area contributed by atoms with E-state index < -0.39 is 5.66 Å². The second kappa shape index (κ2) is 2.96. The van der Waals surface area contributed by atoms with Crippen molar-refractivity contribution in [2.24, 2.45) is 5.73 Å². The third-order valence-electron chi connectivity index (χ3n) is 1.80. The Kier molecular flexibility index (Phi) is 2.19. The summed E-state index contributed by atoms with van der Waals surface area (Å²) in [5.74, 6) is 0. The summed E-state index contributed by atoms with van der Waals surface area (Å²) in [7, 11) is 0. The van der Waals surface area contributed by atoms with Crippen LogP contribution in [0.3, 0.4) is 0 Å². The fourth-order valence-electron chi connectivity index (χ4n) is 0.756. The molecule has 1 atom stereocenters. The number of nitrogens with zero attached hydrogens (tertiary/aromatic N) is 1. The molecule has 0 spiro atoms. The molecule has 1 rings (SSSR count). The lowest BCUT2D eigenvalue weighted by molar-refractivity contribution is -0.135. The van der Waals surface area contributed by atoms with Crippen LogP contribution in [0.4, 0.5) is 0 Å². The molecule has 1 aliphatic heterocycles. The molecule has 0 bridgehead atoms. The zero-order valence-corrected chi connectivity index (χ0v) is 6.95. The highest BCUT2D eigenvalue weighted by Gasteiger charge is 2.24. The van der Waals surface area contributed by atoms with E-state index in [-0.39, 0.29) is 0 Å². The number of rotatable bonds is 2. The summed E-state index contributed by atoms with van der Waals surface area (Å²) in [4.78, 5) is 5.17. The van der Waals surface area contributed by atoms with Crippen LogP contribution in [0.15, 0.2) is 24.6 Å². The standard InChI is InChI=1S/C8H14N2O/c1-3-8(2,9)10-6-4-5-7-11-10/h4-7H,3,9H2,1-2H3. The average Bonchev–Trinajstić information content (AvgIpc) is 2.06. The molecule has 0 aliphatic carbocycles. The smallest absolute Gasteiger partial charge is 0.121 e. The first kappa shape index (κ1) is 8.14. The molecule has 1 unspecified atom stereocenters. The van der Waals surface area contributed by atoms with Crippen LogP contribution in [0.1, 0.15) is 20.3 Å². The van der Waals surface area contributed by atoms with Gasteiger partial charge in [0.25, 0.3) is 0 Å². The molecule has 0 radical (unpaired) electrons. The van der Waals surface area contributed by atoms with Gasteiger partial charge in [0.2, 0.25) is 0 Å². The zero-order chi connectivity index (χ0) is 8.32. The molecular weight excluding hydrogens is 140 g/mol. The third kappa shape index (κ3) is 1.74. The van der Waals surface area contributed by atoms with Crippen molar-refractivity contribution in [3.63, 3.8) is 0 Å². The summed E-state index contributed by atoms with van der Waals surface area (Å²) in [6, 6.07) is 0. The molecule has 0 aromatic heterocycles. The fourth-order valence-corrected chi connectivity index (χ4v) is 0.756. The maximum Gasteiger partial charge on any atom is 0.121 e. The highest BCUT2D eigenvalue weighted by atomic mass is 16.7. The summed E-state index contributed by atoms with van der Waals surface area (Å²) >= 11 is 0. The summed E-state index contributed by atoms with van der Waals surface area (Å²) in [5.41, 5.74) is 5.49. The van der Waals surface area contributed by atoms with E-state index in [1.165, 1.54) is 0 Å². The molecule has 11 heavy (non-hydrogen) atoms. The monoisotopic (exact) mass is 154 g/mol. The predicted octanol–water partition coefficient (Wildman–Crippen LogP) is 1.35. The maximum absolute atomic E-state index is 5.91. The molecule has 3 nitrogen and oxygen atoms in total. The Balaban J connectivity index is 2.61. The van der Waals surface area contributed by atoms with Crippen molar-refractivity contribution in [2.45, 2.75) is 25.9 Å². The van der Waals surface area contributed by atoms with Crippen molar-refractivity contribution in [3.8, 4) is 0 Å². The largest absolute Gasteiger partial charge is 0.386 e. The Bertz CT molecular complexity index is 185. The SMILES string of the molecule is CCC(C)(N)N1C=CC=CO1.